The second kappa shape index (κ2) is 9.69. The van der Waals surface area contributed by atoms with Gasteiger partial charge in [-0.3, -0.25) is 4.79 Å². The minimum absolute atomic E-state index is 0.0710. The Balaban J connectivity index is 1.58. The largest absolute Gasteiger partial charge is 0.496 e. The lowest BCUT2D eigenvalue weighted by Gasteiger charge is -2.11. The van der Waals surface area contributed by atoms with Crippen molar-refractivity contribution in [2.75, 3.05) is 25.6 Å². The van der Waals surface area contributed by atoms with Gasteiger partial charge in [-0.1, -0.05) is 18.2 Å². The normalized spacial score (nSPS) is 16.8. The fraction of sp³-hybridized carbons (Fsp3) is 0.286. The third kappa shape index (κ3) is 5.90. The highest BCUT2D eigenvalue weighted by atomic mass is 32.2. The van der Waals surface area contributed by atoms with Gasteiger partial charge in [0.05, 0.1) is 18.1 Å². The zero-order valence-electron chi connectivity index (χ0n) is 16.1. The van der Waals surface area contributed by atoms with Crippen LogP contribution >= 0.6 is 0 Å². The molecule has 1 atom stereocenters. The van der Waals surface area contributed by atoms with E-state index in [4.69, 9.17) is 9.47 Å². The summed E-state index contributed by atoms with van der Waals surface area (Å²) in [4.78, 5) is 12.3. The van der Waals surface area contributed by atoms with Gasteiger partial charge in [0.2, 0.25) is 15.9 Å². The number of carbonyl (C=O) groups is 1. The molecule has 1 aliphatic rings. The van der Waals surface area contributed by atoms with E-state index in [0.717, 1.165) is 18.4 Å². The molecule has 0 radical (unpaired) electrons. The molecule has 1 unspecified atom stereocenters. The van der Waals surface area contributed by atoms with Crippen LogP contribution < -0.4 is 14.8 Å². The number of anilines is 1. The number of hydrogen-bond acceptors (Lipinski definition) is 5. The van der Waals surface area contributed by atoms with E-state index in [1.807, 2.05) is 24.3 Å². The van der Waals surface area contributed by atoms with Gasteiger partial charge in [-0.2, -0.15) is 0 Å². The van der Waals surface area contributed by atoms with Gasteiger partial charge in [0.1, 0.15) is 5.75 Å². The molecule has 0 spiro atoms. The molecule has 8 heteroatoms. The van der Waals surface area contributed by atoms with Crippen LogP contribution in [0.15, 0.2) is 59.5 Å². The van der Waals surface area contributed by atoms with Crippen LogP contribution in [-0.2, 0) is 19.6 Å². The summed E-state index contributed by atoms with van der Waals surface area (Å²) in [6, 6.07) is 13.4. The van der Waals surface area contributed by atoms with E-state index in [1.165, 1.54) is 18.2 Å². The summed E-state index contributed by atoms with van der Waals surface area (Å²) in [6.45, 7) is 0.931. The Kier molecular flexibility index (Phi) is 7.03. The molecule has 3 rings (SSSR count). The van der Waals surface area contributed by atoms with Crippen LogP contribution in [0, 0.1) is 0 Å². The summed E-state index contributed by atoms with van der Waals surface area (Å²) in [5, 5.41) is 2.70. The predicted octanol–water partition coefficient (Wildman–Crippen LogP) is 2.80. The average molecular weight is 416 g/mol. The number of benzene rings is 2. The number of amides is 1. The second-order valence-electron chi connectivity index (χ2n) is 6.58. The van der Waals surface area contributed by atoms with Crippen molar-refractivity contribution in [1.82, 2.24) is 4.72 Å². The fourth-order valence-electron chi connectivity index (χ4n) is 2.96. The maximum Gasteiger partial charge on any atom is 0.248 e. The summed E-state index contributed by atoms with van der Waals surface area (Å²) < 4.78 is 38.0. The molecular formula is C21H24N2O5S. The van der Waals surface area contributed by atoms with Crippen LogP contribution in [0.1, 0.15) is 18.4 Å². The van der Waals surface area contributed by atoms with Crippen LogP contribution in [0.25, 0.3) is 6.08 Å². The Morgan fingerprint density at radius 3 is 2.66 bits per heavy atom. The summed E-state index contributed by atoms with van der Waals surface area (Å²) >= 11 is 0. The van der Waals surface area contributed by atoms with E-state index < -0.39 is 10.0 Å². The van der Waals surface area contributed by atoms with Crippen molar-refractivity contribution in [3.05, 3.63) is 60.2 Å². The molecule has 2 aromatic carbocycles. The van der Waals surface area contributed by atoms with E-state index in [9.17, 15) is 13.2 Å². The highest BCUT2D eigenvalue weighted by Gasteiger charge is 2.20. The fourth-order valence-corrected chi connectivity index (χ4v) is 4.03. The Labute approximate surface area is 170 Å². The molecule has 1 amide bonds. The number of methoxy groups -OCH3 is 1. The van der Waals surface area contributed by atoms with Crippen molar-refractivity contribution in [1.29, 1.82) is 0 Å². The molecule has 0 bridgehead atoms. The van der Waals surface area contributed by atoms with Crippen LogP contribution in [0.4, 0.5) is 5.69 Å². The smallest absolute Gasteiger partial charge is 0.248 e. The number of hydrogen-bond donors (Lipinski definition) is 2. The van der Waals surface area contributed by atoms with Gasteiger partial charge in [-0.15, -0.1) is 0 Å². The van der Waals surface area contributed by atoms with Crippen molar-refractivity contribution in [2.24, 2.45) is 0 Å². The molecule has 2 aromatic rings. The first-order valence-electron chi connectivity index (χ1n) is 9.31. The first kappa shape index (κ1) is 21.0. The summed E-state index contributed by atoms with van der Waals surface area (Å²) in [5.74, 6) is 0.338. The molecule has 1 saturated heterocycles. The molecule has 0 saturated carbocycles. The number of carbonyl (C=O) groups excluding carboxylic acids is 1. The summed E-state index contributed by atoms with van der Waals surface area (Å²) in [7, 11) is -2.05. The zero-order valence-corrected chi connectivity index (χ0v) is 16.9. The average Bonchev–Trinajstić information content (AvgIpc) is 3.25. The van der Waals surface area contributed by atoms with E-state index in [-0.39, 0.29) is 23.5 Å². The SMILES string of the molecule is COc1ccccc1/C=C/C(=O)Nc1ccc(S(=O)(=O)NCC2CCCO2)cc1. The Hall–Kier alpha value is -2.68. The summed E-state index contributed by atoms with van der Waals surface area (Å²) in [5.41, 5.74) is 1.28. The Bertz CT molecular complexity index is 965. The molecule has 7 nitrogen and oxygen atoms in total. The molecule has 0 aromatic heterocycles. The Morgan fingerprint density at radius 2 is 1.97 bits per heavy atom. The lowest BCUT2D eigenvalue weighted by atomic mass is 10.2. The van der Waals surface area contributed by atoms with Crippen molar-refractivity contribution in [2.45, 2.75) is 23.8 Å². The van der Waals surface area contributed by atoms with Gasteiger partial charge in [-0.25, -0.2) is 13.1 Å². The first-order valence-corrected chi connectivity index (χ1v) is 10.8. The van der Waals surface area contributed by atoms with E-state index in [2.05, 4.69) is 10.0 Å². The summed E-state index contributed by atoms with van der Waals surface area (Å²) in [6.07, 6.45) is 4.79. The molecule has 2 N–H and O–H groups in total. The van der Waals surface area contributed by atoms with Crippen LogP contribution in [0.5, 0.6) is 5.75 Å². The first-order chi connectivity index (χ1) is 14.0. The van der Waals surface area contributed by atoms with Gasteiger partial charge in [0.15, 0.2) is 0 Å². The minimum Gasteiger partial charge on any atom is -0.496 e. The molecule has 0 aliphatic carbocycles. The van der Waals surface area contributed by atoms with Crippen LogP contribution in [-0.4, -0.2) is 40.7 Å². The molecule has 1 heterocycles. The second-order valence-corrected chi connectivity index (χ2v) is 8.34. The molecule has 1 fully saturated rings. The van der Waals surface area contributed by atoms with E-state index >= 15 is 0 Å². The van der Waals surface area contributed by atoms with Crippen LogP contribution in [0.3, 0.4) is 0 Å². The van der Waals surface area contributed by atoms with Crippen molar-refractivity contribution in [3.63, 3.8) is 0 Å². The molecule has 29 heavy (non-hydrogen) atoms. The zero-order chi connectivity index (χ0) is 20.7. The third-order valence-corrected chi connectivity index (χ3v) is 5.95. The highest BCUT2D eigenvalue weighted by Crippen LogP contribution is 2.19. The number of rotatable bonds is 8. The maximum absolute atomic E-state index is 12.4. The van der Waals surface area contributed by atoms with Gasteiger partial charge in [0, 0.05) is 30.5 Å². The van der Waals surface area contributed by atoms with Crippen LogP contribution in [0.2, 0.25) is 0 Å². The van der Waals surface area contributed by atoms with Crippen molar-refractivity contribution in [3.8, 4) is 5.75 Å². The maximum atomic E-state index is 12.4. The number of para-hydroxylation sites is 1. The van der Waals surface area contributed by atoms with Crippen molar-refractivity contribution >= 4 is 27.7 Å². The lowest BCUT2D eigenvalue weighted by molar-refractivity contribution is -0.111. The van der Waals surface area contributed by atoms with Crippen molar-refractivity contribution < 1.29 is 22.7 Å². The van der Waals surface area contributed by atoms with E-state index in [1.54, 1.807) is 25.3 Å². The van der Waals surface area contributed by atoms with Gasteiger partial charge >= 0.3 is 0 Å². The molecular weight excluding hydrogens is 392 g/mol. The lowest BCUT2D eigenvalue weighted by Crippen LogP contribution is -2.31. The number of ether oxygens (including phenoxy) is 2. The van der Waals surface area contributed by atoms with E-state index in [0.29, 0.717) is 18.0 Å². The topological polar surface area (TPSA) is 93.7 Å². The standard InChI is InChI=1S/C21H24N2O5S/c1-27-20-7-3-2-5-16(20)8-13-21(24)23-17-9-11-19(12-10-17)29(25,26)22-15-18-6-4-14-28-18/h2-3,5,7-13,18,22H,4,6,14-15H2,1H3,(H,23,24)/b13-8+. The Morgan fingerprint density at radius 1 is 1.21 bits per heavy atom. The van der Waals surface area contributed by atoms with Gasteiger partial charge in [0.25, 0.3) is 0 Å². The highest BCUT2D eigenvalue weighted by molar-refractivity contribution is 7.89. The quantitative estimate of drug-likeness (QED) is 0.646. The van der Waals surface area contributed by atoms with Gasteiger partial charge < -0.3 is 14.8 Å². The third-order valence-electron chi connectivity index (χ3n) is 4.51. The molecule has 1 aliphatic heterocycles. The monoisotopic (exact) mass is 416 g/mol. The van der Waals surface area contributed by atoms with Gasteiger partial charge in [-0.05, 0) is 49.2 Å². The number of sulfonamides is 1. The minimum atomic E-state index is -3.62. The number of nitrogens with one attached hydrogen (secondary N) is 2. The predicted molar refractivity (Wildman–Crippen MR) is 111 cm³/mol. The molecule has 154 valence electrons.